The lowest BCUT2D eigenvalue weighted by Crippen LogP contribution is -2.14. The first-order valence-corrected chi connectivity index (χ1v) is 7.79. The van der Waals surface area contributed by atoms with Crippen LogP contribution in [-0.2, 0) is 0 Å². The normalized spacial score (nSPS) is 10.2. The van der Waals surface area contributed by atoms with Crippen LogP contribution in [0.5, 0.6) is 0 Å². The van der Waals surface area contributed by atoms with Crippen molar-refractivity contribution in [1.82, 2.24) is 4.98 Å². The highest BCUT2D eigenvalue weighted by Crippen LogP contribution is 2.19. The van der Waals surface area contributed by atoms with Gasteiger partial charge in [-0.1, -0.05) is 30.3 Å². The molecule has 0 aliphatic carbocycles. The predicted octanol–water partition coefficient (Wildman–Crippen LogP) is 4.69. The number of pyridine rings is 1. The van der Waals surface area contributed by atoms with Crippen molar-refractivity contribution in [2.45, 2.75) is 13.8 Å². The van der Waals surface area contributed by atoms with Gasteiger partial charge in [0.1, 0.15) is 5.69 Å². The van der Waals surface area contributed by atoms with Crippen molar-refractivity contribution in [3.63, 3.8) is 0 Å². The Kier molecular flexibility index (Phi) is 4.57. The maximum atomic E-state index is 12.4. The van der Waals surface area contributed by atoms with Crippen LogP contribution in [0.2, 0.25) is 0 Å². The maximum Gasteiger partial charge on any atom is 0.274 e. The van der Waals surface area contributed by atoms with Crippen molar-refractivity contribution in [2.75, 3.05) is 10.6 Å². The van der Waals surface area contributed by atoms with Gasteiger partial charge >= 0.3 is 0 Å². The van der Waals surface area contributed by atoms with Crippen LogP contribution in [0.25, 0.3) is 0 Å². The van der Waals surface area contributed by atoms with Gasteiger partial charge < -0.3 is 10.6 Å². The lowest BCUT2D eigenvalue weighted by Gasteiger charge is -2.10. The molecule has 0 saturated heterocycles. The molecular formula is C20H19N3O. The van der Waals surface area contributed by atoms with Crippen molar-refractivity contribution < 1.29 is 4.79 Å². The van der Waals surface area contributed by atoms with E-state index in [-0.39, 0.29) is 5.91 Å². The Morgan fingerprint density at radius 2 is 1.67 bits per heavy atom. The summed E-state index contributed by atoms with van der Waals surface area (Å²) in [6, 6.07) is 19.2. The average molecular weight is 317 g/mol. The van der Waals surface area contributed by atoms with Gasteiger partial charge in [-0.2, -0.15) is 0 Å². The summed E-state index contributed by atoms with van der Waals surface area (Å²) in [4.78, 5) is 16.6. The summed E-state index contributed by atoms with van der Waals surface area (Å²) in [7, 11) is 0. The van der Waals surface area contributed by atoms with Gasteiger partial charge in [0.25, 0.3) is 5.91 Å². The lowest BCUT2D eigenvalue weighted by atomic mass is 10.1. The van der Waals surface area contributed by atoms with Crippen LogP contribution in [0.3, 0.4) is 0 Å². The minimum absolute atomic E-state index is 0.213. The fourth-order valence-electron chi connectivity index (χ4n) is 2.36. The molecule has 1 aromatic heterocycles. The first-order chi connectivity index (χ1) is 11.6. The number of rotatable bonds is 4. The Balaban J connectivity index is 1.71. The number of benzene rings is 2. The number of carbonyl (C=O) groups is 1. The molecule has 0 aliphatic rings. The molecule has 0 saturated carbocycles. The van der Waals surface area contributed by atoms with E-state index in [9.17, 15) is 4.79 Å². The zero-order valence-electron chi connectivity index (χ0n) is 13.7. The topological polar surface area (TPSA) is 54.0 Å². The predicted molar refractivity (Wildman–Crippen MR) is 97.8 cm³/mol. The van der Waals surface area contributed by atoms with Gasteiger partial charge in [0, 0.05) is 11.4 Å². The monoisotopic (exact) mass is 317 g/mol. The van der Waals surface area contributed by atoms with Crippen molar-refractivity contribution in [3.05, 3.63) is 83.7 Å². The van der Waals surface area contributed by atoms with Gasteiger partial charge in [-0.3, -0.25) is 4.79 Å². The highest BCUT2D eigenvalue weighted by atomic mass is 16.1. The molecule has 0 radical (unpaired) electrons. The summed E-state index contributed by atoms with van der Waals surface area (Å²) >= 11 is 0. The van der Waals surface area contributed by atoms with E-state index >= 15 is 0 Å². The molecule has 0 aliphatic heterocycles. The Bertz CT molecular complexity index is 843. The third-order valence-electron chi connectivity index (χ3n) is 3.91. The van der Waals surface area contributed by atoms with E-state index in [1.807, 2.05) is 68.4 Å². The zero-order chi connectivity index (χ0) is 16.9. The van der Waals surface area contributed by atoms with Crippen LogP contribution in [0, 0.1) is 13.8 Å². The van der Waals surface area contributed by atoms with Gasteiger partial charge in [-0.25, -0.2) is 4.98 Å². The molecule has 0 bridgehead atoms. The van der Waals surface area contributed by atoms with Crippen LogP contribution in [0.1, 0.15) is 21.6 Å². The molecule has 120 valence electrons. The second-order valence-electron chi connectivity index (χ2n) is 5.62. The van der Waals surface area contributed by atoms with E-state index in [4.69, 9.17) is 0 Å². The molecular weight excluding hydrogens is 298 g/mol. The maximum absolute atomic E-state index is 12.4. The van der Waals surface area contributed by atoms with E-state index in [2.05, 4.69) is 15.6 Å². The number of aryl methyl sites for hydroxylation is 1. The standard InChI is InChI=1S/C20H19N3O/c1-14-7-6-10-18(15(14)2)23-20(24)19-12-11-17(13-21-19)22-16-8-4-3-5-9-16/h3-13,22H,1-2H3,(H,23,24). The molecule has 4 heteroatoms. The van der Waals surface area contributed by atoms with Gasteiger partial charge in [0.2, 0.25) is 0 Å². The van der Waals surface area contributed by atoms with Gasteiger partial charge in [0.15, 0.2) is 0 Å². The number of hydrogen-bond donors (Lipinski definition) is 2. The van der Waals surface area contributed by atoms with E-state index in [0.717, 1.165) is 28.2 Å². The van der Waals surface area contributed by atoms with E-state index in [1.165, 1.54) is 0 Å². The summed E-state index contributed by atoms with van der Waals surface area (Å²) in [6.45, 7) is 4.01. The molecule has 0 unspecified atom stereocenters. The van der Waals surface area contributed by atoms with E-state index in [1.54, 1.807) is 12.3 Å². The van der Waals surface area contributed by atoms with Crippen molar-refractivity contribution in [2.24, 2.45) is 0 Å². The highest BCUT2D eigenvalue weighted by Gasteiger charge is 2.10. The molecule has 0 spiro atoms. The summed E-state index contributed by atoms with van der Waals surface area (Å²) in [5.41, 5.74) is 5.22. The Hall–Kier alpha value is -3.14. The van der Waals surface area contributed by atoms with Crippen LogP contribution in [0.4, 0.5) is 17.1 Å². The quantitative estimate of drug-likeness (QED) is 0.733. The third kappa shape index (κ3) is 3.60. The molecule has 0 fully saturated rings. The van der Waals surface area contributed by atoms with Crippen molar-refractivity contribution in [1.29, 1.82) is 0 Å². The summed E-state index contributed by atoms with van der Waals surface area (Å²) < 4.78 is 0. The molecule has 24 heavy (non-hydrogen) atoms. The number of hydrogen-bond acceptors (Lipinski definition) is 3. The first-order valence-electron chi connectivity index (χ1n) is 7.79. The second-order valence-corrected chi connectivity index (χ2v) is 5.62. The molecule has 2 N–H and O–H groups in total. The molecule has 3 aromatic rings. The Labute approximate surface area is 141 Å². The minimum atomic E-state index is -0.213. The minimum Gasteiger partial charge on any atom is -0.354 e. The molecule has 2 aromatic carbocycles. The Morgan fingerprint density at radius 1 is 0.875 bits per heavy atom. The van der Waals surface area contributed by atoms with Crippen molar-refractivity contribution >= 4 is 23.0 Å². The van der Waals surface area contributed by atoms with Gasteiger partial charge in [0.05, 0.1) is 11.9 Å². The molecule has 4 nitrogen and oxygen atoms in total. The summed E-state index contributed by atoms with van der Waals surface area (Å²) in [5.74, 6) is -0.213. The van der Waals surface area contributed by atoms with Crippen LogP contribution in [-0.4, -0.2) is 10.9 Å². The fraction of sp³-hybridized carbons (Fsp3) is 0.100. The fourth-order valence-corrected chi connectivity index (χ4v) is 2.36. The lowest BCUT2D eigenvalue weighted by molar-refractivity contribution is 0.102. The van der Waals surface area contributed by atoms with Gasteiger partial charge in [-0.15, -0.1) is 0 Å². The van der Waals surface area contributed by atoms with E-state index < -0.39 is 0 Å². The number of nitrogens with zero attached hydrogens (tertiary/aromatic N) is 1. The molecule has 1 amide bonds. The molecule has 0 atom stereocenters. The SMILES string of the molecule is Cc1cccc(NC(=O)c2ccc(Nc3ccccc3)cn2)c1C. The smallest absolute Gasteiger partial charge is 0.274 e. The molecule has 1 heterocycles. The second kappa shape index (κ2) is 6.96. The molecule has 3 rings (SSSR count). The van der Waals surface area contributed by atoms with Crippen LogP contribution < -0.4 is 10.6 Å². The number of aromatic nitrogens is 1. The summed E-state index contributed by atoms with van der Waals surface area (Å²) in [6.07, 6.45) is 1.66. The van der Waals surface area contributed by atoms with E-state index in [0.29, 0.717) is 5.69 Å². The number of nitrogens with one attached hydrogen (secondary N) is 2. The first kappa shape index (κ1) is 15.7. The van der Waals surface area contributed by atoms with Crippen LogP contribution >= 0.6 is 0 Å². The number of anilines is 3. The van der Waals surface area contributed by atoms with Crippen LogP contribution in [0.15, 0.2) is 66.9 Å². The van der Waals surface area contributed by atoms with Crippen molar-refractivity contribution in [3.8, 4) is 0 Å². The number of carbonyl (C=O) groups excluding carboxylic acids is 1. The summed E-state index contributed by atoms with van der Waals surface area (Å²) in [5, 5.41) is 6.16. The highest BCUT2D eigenvalue weighted by molar-refractivity contribution is 6.03. The van der Waals surface area contributed by atoms with Gasteiger partial charge in [-0.05, 0) is 55.3 Å². The largest absolute Gasteiger partial charge is 0.354 e. The third-order valence-corrected chi connectivity index (χ3v) is 3.91. The zero-order valence-corrected chi connectivity index (χ0v) is 13.7. The number of amides is 1. The average Bonchev–Trinajstić information content (AvgIpc) is 2.60. The number of para-hydroxylation sites is 1. The Morgan fingerprint density at radius 3 is 2.38 bits per heavy atom.